The van der Waals surface area contributed by atoms with Crippen LogP contribution in [0.25, 0.3) is 22.1 Å². The van der Waals surface area contributed by atoms with Crippen LogP contribution in [0, 0.1) is 6.92 Å². The fourth-order valence-electron chi connectivity index (χ4n) is 3.04. The first-order chi connectivity index (χ1) is 13.1. The lowest BCUT2D eigenvalue weighted by molar-refractivity contribution is 0.0733. The molecule has 0 saturated carbocycles. The van der Waals surface area contributed by atoms with E-state index in [9.17, 15) is 9.59 Å². The molecule has 0 amide bonds. The van der Waals surface area contributed by atoms with Crippen LogP contribution in [-0.2, 0) is 0 Å². The van der Waals surface area contributed by atoms with Gasteiger partial charge < -0.3 is 9.15 Å². The summed E-state index contributed by atoms with van der Waals surface area (Å²) in [6.45, 7) is 1.77. The molecule has 4 aromatic rings. The summed E-state index contributed by atoms with van der Waals surface area (Å²) in [5.74, 6) is -0.0932. The fraction of sp³-hybridized carbons (Fsp3) is 0.0435. The predicted octanol–water partition coefficient (Wildman–Crippen LogP) is 4.99. The summed E-state index contributed by atoms with van der Waals surface area (Å²) >= 11 is 0. The molecule has 0 N–H and O–H groups in total. The van der Waals surface area contributed by atoms with Crippen molar-refractivity contribution in [2.75, 3.05) is 0 Å². The van der Waals surface area contributed by atoms with Gasteiger partial charge in [0.15, 0.2) is 0 Å². The topological polar surface area (TPSA) is 56.5 Å². The van der Waals surface area contributed by atoms with Gasteiger partial charge in [0.25, 0.3) is 0 Å². The third kappa shape index (κ3) is 3.25. The van der Waals surface area contributed by atoms with Crippen molar-refractivity contribution < 1.29 is 13.9 Å². The molecule has 132 valence electrons. The van der Waals surface area contributed by atoms with Crippen LogP contribution in [0.3, 0.4) is 0 Å². The Morgan fingerprint density at radius 1 is 0.889 bits per heavy atom. The average Bonchev–Trinajstić information content (AvgIpc) is 2.71. The first-order valence-electron chi connectivity index (χ1n) is 8.53. The monoisotopic (exact) mass is 356 g/mol. The van der Waals surface area contributed by atoms with E-state index in [0.717, 1.165) is 16.5 Å². The van der Waals surface area contributed by atoms with Gasteiger partial charge in [0.05, 0.1) is 5.56 Å². The number of rotatable bonds is 3. The molecule has 0 atom stereocenters. The molecule has 0 fully saturated rings. The Bertz CT molecular complexity index is 1180. The van der Waals surface area contributed by atoms with Gasteiger partial charge in [-0.3, -0.25) is 0 Å². The molecule has 27 heavy (non-hydrogen) atoms. The molecular weight excluding hydrogens is 340 g/mol. The number of carbonyl (C=O) groups excluding carboxylic acids is 1. The van der Waals surface area contributed by atoms with Crippen LogP contribution in [-0.4, -0.2) is 5.97 Å². The second-order valence-corrected chi connectivity index (χ2v) is 6.17. The van der Waals surface area contributed by atoms with E-state index in [1.807, 2.05) is 36.4 Å². The van der Waals surface area contributed by atoms with Gasteiger partial charge in [-0.25, -0.2) is 9.59 Å². The average molecular weight is 356 g/mol. The Morgan fingerprint density at radius 2 is 1.56 bits per heavy atom. The van der Waals surface area contributed by atoms with Crippen LogP contribution in [0.5, 0.6) is 5.75 Å². The van der Waals surface area contributed by atoms with Crippen molar-refractivity contribution in [2.45, 2.75) is 6.92 Å². The summed E-state index contributed by atoms with van der Waals surface area (Å²) in [4.78, 5) is 24.5. The Kier molecular flexibility index (Phi) is 4.30. The summed E-state index contributed by atoms with van der Waals surface area (Å²) in [5, 5.41) is 0.790. The number of hydrogen-bond donors (Lipinski definition) is 0. The Balaban J connectivity index is 1.81. The Morgan fingerprint density at radius 3 is 2.26 bits per heavy atom. The maximum Gasteiger partial charge on any atom is 0.343 e. The SMILES string of the molecule is Cc1c(OC(=O)c2ccccc2)ccc2c(-c3ccccc3)cc(=O)oc12. The molecule has 1 heterocycles. The van der Waals surface area contributed by atoms with E-state index in [1.165, 1.54) is 6.07 Å². The van der Waals surface area contributed by atoms with Crippen molar-refractivity contribution in [3.05, 3.63) is 100 Å². The van der Waals surface area contributed by atoms with E-state index in [4.69, 9.17) is 9.15 Å². The van der Waals surface area contributed by atoms with Crippen molar-refractivity contribution in [2.24, 2.45) is 0 Å². The van der Waals surface area contributed by atoms with Crippen LogP contribution in [0.4, 0.5) is 0 Å². The summed E-state index contributed by atoms with van der Waals surface area (Å²) in [6, 6.07) is 23.4. The highest BCUT2D eigenvalue weighted by Crippen LogP contribution is 2.33. The van der Waals surface area contributed by atoms with Crippen LogP contribution >= 0.6 is 0 Å². The summed E-state index contributed by atoms with van der Waals surface area (Å²) in [5.41, 5.74) is 2.73. The van der Waals surface area contributed by atoms with Gasteiger partial charge in [-0.15, -0.1) is 0 Å². The van der Waals surface area contributed by atoms with Crippen molar-refractivity contribution in [1.82, 2.24) is 0 Å². The maximum absolute atomic E-state index is 12.3. The van der Waals surface area contributed by atoms with Crippen LogP contribution in [0.2, 0.25) is 0 Å². The van der Waals surface area contributed by atoms with Gasteiger partial charge in [0.1, 0.15) is 11.3 Å². The lowest BCUT2D eigenvalue weighted by Gasteiger charge is -2.11. The molecule has 0 aliphatic heterocycles. The highest BCUT2D eigenvalue weighted by Gasteiger charge is 2.16. The molecule has 4 nitrogen and oxygen atoms in total. The molecule has 1 aromatic heterocycles. The molecular formula is C23H16O4. The van der Waals surface area contributed by atoms with Crippen LogP contribution < -0.4 is 10.4 Å². The minimum atomic E-state index is -0.459. The highest BCUT2D eigenvalue weighted by molar-refractivity contribution is 5.97. The third-order valence-corrected chi connectivity index (χ3v) is 4.41. The van der Waals surface area contributed by atoms with E-state index in [1.54, 1.807) is 43.3 Å². The zero-order chi connectivity index (χ0) is 18.8. The van der Waals surface area contributed by atoms with Gasteiger partial charge in [-0.2, -0.15) is 0 Å². The second kappa shape index (κ2) is 6.92. The number of hydrogen-bond acceptors (Lipinski definition) is 4. The number of carbonyl (C=O) groups is 1. The lowest BCUT2D eigenvalue weighted by Crippen LogP contribution is -2.09. The van der Waals surface area contributed by atoms with Gasteiger partial charge in [-0.05, 0) is 42.3 Å². The van der Waals surface area contributed by atoms with E-state index in [-0.39, 0.29) is 0 Å². The minimum Gasteiger partial charge on any atom is -0.423 e. The first-order valence-corrected chi connectivity index (χ1v) is 8.53. The number of fused-ring (bicyclic) bond motifs is 1. The van der Waals surface area contributed by atoms with Gasteiger partial charge in [0, 0.05) is 17.0 Å². The van der Waals surface area contributed by atoms with Crippen LogP contribution in [0.1, 0.15) is 15.9 Å². The molecule has 0 aliphatic rings. The summed E-state index contributed by atoms with van der Waals surface area (Å²) < 4.78 is 11.0. The van der Waals surface area contributed by atoms with Crippen molar-refractivity contribution >= 4 is 16.9 Å². The minimum absolute atomic E-state index is 0.365. The molecule has 0 unspecified atom stereocenters. The summed E-state index contributed by atoms with van der Waals surface area (Å²) in [6.07, 6.45) is 0. The molecule has 0 bridgehead atoms. The Hall–Kier alpha value is -3.66. The molecule has 0 saturated heterocycles. The molecule has 0 radical (unpaired) electrons. The first kappa shape index (κ1) is 16.8. The number of aryl methyl sites for hydroxylation is 1. The van der Waals surface area contributed by atoms with Crippen molar-refractivity contribution in [3.63, 3.8) is 0 Å². The molecule has 3 aromatic carbocycles. The molecule has 4 rings (SSSR count). The van der Waals surface area contributed by atoms with E-state index < -0.39 is 11.6 Å². The van der Waals surface area contributed by atoms with Crippen LogP contribution in [0.15, 0.2) is 88.1 Å². The number of esters is 1. The normalized spacial score (nSPS) is 10.7. The van der Waals surface area contributed by atoms with Gasteiger partial charge in [0.2, 0.25) is 0 Å². The lowest BCUT2D eigenvalue weighted by atomic mass is 10.0. The fourth-order valence-corrected chi connectivity index (χ4v) is 3.04. The van der Waals surface area contributed by atoms with E-state index in [2.05, 4.69) is 0 Å². The van der Waals surface area contributed by atoms with Crippen molar-refractivity contribution in [3.8, 4) is 16.9 Å². The Labute approximate surface area is 155 Å². The van der Waals surface area contributed by atoms with Gasteiger partial charge in [-0.1, -0.05) is 48.5 Å². The van der Waals surface area contributed by atoms with E-state index in [0.29, 0.717) is 22.5 Å². The zero-order valence-electron chi connectivity index (χ0n) is 14.6. The summed E-state index contributed by atoms with van der Waals surface area (Å²) in [7, 11) is 0. The number of benzene rings is 3. The smallest absolute Gasteiger partial charge is 0.343 e. The number of ether oxygens (including phenoxy) is 1. The van der Waals surface area contributed by atoms with E-state index >= 15 is 0 Å². The largest absolute Gasteiger partial charge is 0.423 e. The molecule has 0 aliphatic carbocycles. The third-order valence-electron chi connectivity index (χ3n) is 4.41. The standard InChI is InChI=1S/C23H16O4/c1-15-20(26-23(25)17-10-6-3-7-11-17)13-12-18-19(14-21(24)27-22(15)18)16-8-4-2-5-9-16/h2-14H,1H3. The highest BCUT2D eigenvalue weighted by atomic mass is 16.5. The second-order valence-electron chi connectivity index (χ2n) is 6.17. The predicted molar refractivity (Wildman–Crippen MR) is 104 cm³/mol. The zero-order valence-corrected chi connectivity index (χ0v) is 14.6. The maximum atomic E-state index is 12.3. The molecule has 4 heteroatoms. The van der Waals surface area contributed by atoms with Gasteiger partial charge >= 0.3 is 11.6 Å². The molecule has 0 spiro atoms. The quantitative estimate of drug-likeness (QED) is 0.295. The van der Waals surface area contributed by atoms with Crippen molar-refractivity contribution in [1.29, 1.82) is 0 Å².